The minimum atomic E-state index is -3.48. The highest BCUT2D eigenvalue weighted by molar-refractivity contribution is 7.91. The third kappa shape index (κ3) is 7.89. The molecule has 0 amide bonds. The van der Waals surface area contributed by atoms with Crippen LogP contribution >= 0.6 is 0 Å². The molecule has 0 fully saturated rings. The first-order valence-corrected chi connectivity index (χ1v) is 15.2. The van der Waals surface area contributed by atoms with Crippen molar-refractivity contribution in [1.82, 2.24) is 0 Å². The van der Waals surface area contributed by atoms with Gasteiger partial charge >= 0.3 is 0 Å². The van der Waals surface area contributed by atoms with Gasteiger partial charge in [-0.05, 0) is 60.7 Å². The molecule has 0 saturated heterocycles. The summed E-state index contributed by atoms with van der Waals surface area (Å²) in [5.74, 6) is -0.934. The Balaban J connectivity index is 1.39. The van der Waals surface area contributed by atoms with Gasteiger partial charge in [0.15, 0.2) is 9.84 Å². The number of rotatable bonds is 12. The quantitative estimate of drug-likeness (QED) is 0.166. The summed E-state index contributed by atoms with van der Waals surface area (Å²) in [6.07, 6.45) is 20.7. The summed E-state index contributed by atoms with van der Waals surface area (Å²) in [5, 5.41) is 22.6. The monoisotopic (exact) mass is 604 g/mol. The molecule has 2 aliphatic rings. The molecule has 43 heavy (non-hydrogen) atoms. The molecule has 0 N–H and O–H groups in total. The van der Waals surface area contributed by atoms with Crippen molar-refractivity contribution >= 4 is 33.4 Å². The zero-order valence-corrected chi connectivity index (χ0v) is 24.5. The highest BCUT2D eigenvalue weighted by Crippen LogP contribution is 2.30. The summed E-state index contributed by atoms with van der Waals surface area (Å²) in [6, 6.07) is 12.7. The molecule has 11 heteroatoms. The molecule has 0 saturated carbocycles. The van der Waals surface area contributed by atoms with Gasteiger partial charge in [0.1, 0.15) is 11.2 Å². The molecule has 0 aromatic heterocycles. The second kappa shape index (κ2) is 13.2. The second-order valence-electron chi connectivity index (χ2n) is 10.3. The second-order valence-corrected chi connectivity index (χ2v) is 12.4. The summed E-state index contributed by atoms with van der Waals surface area (Å²) in [5.41, 5.74) is -1.12. The van der Waals surface area contributed by atoms with Crippen molar-refractivity contribution in [2.75, 3.05) is 25.7 Å². The van der Waals surface area contributed by atoms with Crippen LogP contribution in [0.1, 0.15) is 11.1 Å². The fourth-order valence-corrected chi connectivity index (χ4v) is 6.63. The summed E-state index contributed by atoms with van der Waals surface area (Å²) < 4.78 is 37.5. The van der Waals surface area contributed by atoms with Gasteiger partial charge in [0.2, 0.25) is 0 Å². The zero-order valence-electron chi connectivity index (χ0n) is 23.7. The van der Waals surface area contributed by atoms with E-state index >= 15 is 0 Å². The van der Waals surface area contributed by atoms with E-state index in [0.29, 0.717) is 11.1 Å². The Bertz CT molecular complexity index is 1510. The van der Waals surface area contributed by atoms with Crippen LogP contribution in [0.4, 0.5) is 11.4 Å². The van der Waals surface area contributed by atoms with E-state index < -0.39 is 30.9 Å². The number of sulfone groups is 1. The van der Waals surface area contributed by atoms with Crippen LogP contribution in [-0.4, -0.2) is 55.2 Å². The van der Waals surface area contributed by atoms with Gasteiger partial charge in [-0.1, -0.05) is 48.6 Å². The third-order valence-electron chi connectivity index (χ3n) is 7.33. The van der Waals surface area contributed by atoms with Crippen LogP contribution < -0.4 is 0 Å². The van der Waals surface area contributed by atoms with E-state index in [-0.39, 0.29) is 34.7 Å². The number of para-hydroxylation sites is 2. The third-order valence-corrected chi connectivity index (χ3v) is 9.11. The van der Waals surface area contributed by atoms with E-state index in [1.807, 2.05) is 0 Å². The van der Waals surface area contributed by atoms with Crippen molar-refractivity contribution in [3.8, 4) is 0 Å². The Labute approximate surface area is 250 Å². The van der Waals surface area contributed by atoms with Gasteiger partial charge in [-0.2, -0.15) is 0 Å². The van der Waals surface area contributed by atoms with Crippen molar-refractivity contribution in [3.05, 3.63) is 141 Å². The lowest BCUT2D eigenvalue weighted by Crippen LogP contribution is -2.29. The summed E-state index contributed by atoms with van der Waals surface area (Å²) in [7, 11) is -0.467. The Morgan fingerprint density at radius 2 is 1.05 bits per heavy atom. The molecule has 0 unspecified atom stereocenters. The largest absolute Gasteiger partial charge is 0.366 e. The van der Waals surface area contributed by atoms with Crippen molar-refractivity contribution in [1.29, 1.82) is 0 Å². The topological polar surface area (TPSA) is 139 Å². The number of ether oxygens (including phenoxy) is 2. The highest BCUT2D eigenvalue weighted by atomic mass is 32.2. The number of hydrogen-bond acceptors (Lipinski definition) is 8. The van der Waals surface area contributed by atoms with Crippen molar-refractivity contribution < 1.29 is 27.7 Å². The molecule has 2 aliphatic carbocycles. The lowest BCUT2D eigenvalue weighted by molar-refractivity contribution is -0.385. The molecule has 0 heterocycles. The number of nitrogens with zero attached hydrogens (tertiary/aromatic N) is 2. The molecule has 0 bridgehead atoms. The van der Waals surface area contributed by atoms with Gasteiger partial charge < -0.3 is 9.47 Å². The Morgan fingerprint density at radius 1 is 0.698 bits per heavy atom. The van der Waals surface area contributed by atoms with E-state index in [9.17, 15) is 28.6 Å². The predicted octanol–water partition coefficient (Wildman–Crippen LogP) is 5.90. The van der Waals surface area contributed by atoms with Crippen LogP contribution in [0.15, 0.2) is 109 Å². The van der Waals surface area contributed by atoms with Crippen molar-refractivity contribution in [2.24, 2.45) is 11.8 Å². The van der Waals surface area contributed by atoms with E-state index in [4.69, 9.17) is 9.47 Å². The number of nitro benzene ring substituents is 2. The Kier molecular flexibility index (Phi) is 9.70. The fraction of sp³-hybridized carbons (Fsp3) is 0.250. The summed E-state index contributed by atoms with van der Waals surface area (Å²) >= 11 is 0. The van der Waals surface area contributed by atoms with E-state index in [2.05, 4.69) is 0 Å². The molecular formula is C32H32N2O8S. The minimum Gasteiger partial charge on any atom is -0.366 e. The number of nitro groups is 2. The molecule has 224 valence electrons. The van der Waals surface area contributed by atoms with Crippen LogP contribution in [0.25, 0.3) is 12.2 Å². The van der Waals surface area contributed by atoms with Gasteiger partial charge in [0, 0.05) is 38.2 Å². The smallest absolute Gasteiger partial charge is 0.276 e. The average Bonchev–Trinajstić information content (AvgIpc) is 3.00. The molecule has 0 spiro atoms. The number of methoxy groups -OCH3 is 2. The molecule has 2 aromatic rings. The molecule has 4 rings (SSSR count). The SMILES string of the molecule is COC1(/C=C/c2ccccc2[N+](=O)[O-])C=CC(CS(=O)(=O)CC2C=CC(/C=C/c3ccccc3[N+](=O)[O-])(OC)C=C2)C=C1. The summed E-state index contributed by atoms with van der Waals surface area (Å²) in [4.78, 5) is 21.7. The van der Waals surface area contributed by atoms with E-state index in [1.165, 1.54) is 26.4 Å². The van der Waals surface area contributed by atoms with Gasteiger partial charge in [-0.3, -0.25) is 20.2 Å². The van der Waals surface area contributed by atoms with Gasteiger partial charge in [-0.25, -0.2) is 8.42 Å². The fourth-order valence-electron chi connectivity index (χ4n) is 4.87. The molecule has 10 nitrogen and oxygen atoms in total. The molecule has 2 aromatic carbocycles. The summed E-state index contributed by atoms with van der Waals surface area (Å²) in [6.45, 7) is 0. The Morgan fingerprint density at radius 3 is 1.37 bits per heavy atom. The van der Waals surface area contributed by atoms with Crippen molar-refractivity contribution in [2.45, 2.75) is 11.2 Å². The maximum absolute atomic E-state index is 13.1. The maximum atomic E-state index is 13.1. The van der Waals surface area contributed by atoms with Crippen molar-refractivity contribution in [3.63, 3.8) is 0 Å². The molecule has 0 atom stereocenters. The van der Waals surface area contributed by atoms with E-state index in [0.717, 1.165) is 0 Å². The van der Waals surface area contributed by atoms with Crippen LogP contribution in [0.5, 0.6) is 0 Å². The van der Waals surface area contributed by atoms with Gasteiger partial charge in [0.05, 0.1) is 32.5 Å². The highest BCUT2D eigenvalue weighted by Gasteiger charge is 2.29. The number of allylic oxidation sites excluding steroid dienone is 4. The normalized spacial score (nSPS) is 25.1. The first-order chi connectivity index (χ1) is 20.5. The average molecular weight is 605 g/mol. The molecule has 0 aliphatic heterocycles. The first-order valence-electron chi connectivity index (χ1n) is 13.4. The predicted molar refractivity (Wildman–Crippen MR) is 166 cm³/mol. The standard InChI is InChI=1S/C32H32N2O8S/c1-41-31(21-15-27-7-3-5-9-29(27)33(35)36)17-11-25(12-18-31)23-43(39,40)24-26-13-19-32(42-2,20-14-26)22-16-28-8-4-6-10-30(28)34(37)38/h3-22,25-26H,23-24H2,1-2H3/b21-15+,22-16+. The molecular weight excluding hydrogens is 572 g/mol. The van der Waals surface area contributed by atoms with Crippen LogP contribution in [0, 0.1) is 32.1 Å². The van der Waals surface area contributed by atoms with Crippen LogP contribution in [0.2, 0.25) is 0 Å². The Hall–Kier alpha value is -4.45. The van der Waals surface area contributed by atoms with Crippen LogP contribution in [0.3, 0.4) is 0 Å². The van der Waals surface area contributed by atoms with Gasteiger partial charge in [0.25, 0.3) is 11.4 Å². The molecule has 0 radical (unpaired) electrons. The van der Waals surface area contributed by atoms with E-state index in [1.54, 1.807) is 109 Å². The maximum Gasteiger partial charge on any atom is 0.276 e. The minimum absolute atomic E-state index is 0.0255. The number of benzene rings is 2. The lowest BCUT2D eigenvalue weighted by atomic mass is 9.92. The van der Waals surface area contributed by atoms with Gasteiger partial charge in [-0.15, -0.1) is 0 Å². The lowest BCUT2D eigenvalue weighted by Gasteiger charge is -2.28. The zero-order chi connectivity index (χ0) is 31.1. The number of hydrogen-bond donors (Lipinski definition) is 0. The van der Waals surface area contributed by atoms with Crippen LogP contribution in [-0.2, 0) is 19.3 Å². The first kappa shape index (κ1) is 31.5.